The summed E-state index contributed by atoms with van der Waals surface area (Å²) in [6.45, 7) is 2.12. The van der Waals surface area contributed by atoms with Gasteiger partial charge in [0.1, 0.15) is 29.2 Å². The van der Waals surface area contributed by atoms with Crippen molar-refractivity contribution in [3.63, 3.8) is 0 Å². The standard InChI is InChI=1S/C20H16ClF2N5O/c21-13-10-24-28-17-9-12(27-7-2-8-29-11-27)5-6-16(17)25-19(26-20(13)28)18-14(22)3-1-4-15(18)23/h1,3-6,9-10H,2,7-8,11H2,(H,25,26). The van der Waals surface area contributed by atoms with Gasteiger partial charge in [0.15, 0.2) is 5.82 Å². The minimum absolute atomic E-state index is 0.0251. The van der Waals surface area contributed by atoms with Crippen LogP contribution < -0.4 is 10.2 Å². The molecule has 0 spiro atoms. The Hall–Kier alpha value is -2.97. The number of halogens is 3. The zero-order chi connectivity index (χ0) is 20.0. The quantitative estimate of drug-likeness (QED) is 0.670. The maximum Gasteiger partial charge on any atom is 0.176 e. The van der Waals surface area contributed by atoms with E-state index in [4.69, 9.17) is 16.3 Å². The lowest BCUT2D eigenvalue weighted by Crippen LogP contribution is -2.33. The second-order valence-electron chi connectivity index (χ2n) is 6.77. The van der Waals surface area contributed by atoms with E-state index in [2.05, 4.69) is 20.3 Å². The Kier molecular flexibility index (Phi) is 4.44. The minimum atomic E-state index is -0.719. The predicted octanol–water partition coefficient (Wildman–Crippen LogP) is 4.49. The van der Waals surface area contributed by atoms with Crippen LogP contribution in [-0.4, -0.2) is 35.5 Å². The SMILES string of the molecule is Fc1cccc(F)c1C1=Nc2c(Cl)cnn2-c2cc(N3CCCOC3)ccc2N1. The molecular weight excluding hydrogens is 400 g/mol. The van der Waals surface area contributed by atoms with Crippen LogP contribution in [0.3, 0.4) is 0 Å². The number of ether oxygens (including phenoxy) is 1. The van der Waals surface area contributed by atoms with Crippen LogP contribution in [0.4, 0.5) is 26.0 Å². The summed E-state index contributed by atoms with van der Waals surface area (Å²) < 4.78 is 35.9. The second-order valence-corrected chi connectivity index (χ2v) is 7.17. The Morgan fingerprint density at radius 2 is 1.97 bits per heavy atom. The second kappa shape index (κ2) is 7.13. The summed E-state index contributed by atoms with van der Waals surface area (Å²) in [6, 6.07) is 9.37. The summed E-state index contributed by atoms with van der Waals surface area (Å²) in [7, 11) is 0. The molecule has 148 valence electrons. The lowest BCUT2D eigenvalue weighted by Gasteiger charge is -2.29. The first-order valence-electron chi connectivity index (χ1n) is 9.12. The molecule has 2 aliphatic rings. The van der Waals surface area contributed by atoms with Crippen LogP contribution in [0.15, 0.2) is 47.6 Å². The molecule has 1 aromatic heterocycles. The fourth-order valence-corrected chi connectivity index (χ4v) is 3.67. The molecule has 0 amide bonds. The van der Waals surface area contributed by atoms with Crippen LogP contribution in [0.25, 0.3) is 5.69 Å². The van der Waals surface area contributed by atoms with Gasteiger partial charge in [0.05, 0.1) is 29.7 Å². The monoisotopic (exact) mass is 415 g/mol. The molecule has 1 N–H and O–H groups in total. The van der Waals surface area contributed by atoms with Gasteiger partial charge in [-0.25, -0.2) is 18.5 Å². The van der Waals surface area contributed by atoms with E-state index in [-0.39, 0.29) is 16.4 Å². The number of aliphatic imine (C=N–C) groups is 1. The van der Waals surface area contributed by atoms with E-state index < -0.39 is 11.6 Å². The van der Waals surface area contributed by atoms with Crippen molar-refractivity contribution >= 4 is 34.6 Å². The topological polar surface area (TPSA) is 54.7 Å². The average Bonchev–Trinajstić information content (AvgIpc) is 3.00. The number of rotatable bonds is 2. The summed E-state index contributed by atoms with van der Waals surface area (Å²) in [5.41, 5.74) is 1.97. The van der Waals surface area contributed by atoms with Gasteiger partial charge in [-0.1, -0.05) is 17.7 Å². The summed E-state index contributed by atoms with van der Waals surface area (Å²) in [5.74, 6) is -1.12. The Morgan fingerprint density at radius 3 is 2.72 bits per heavy atom. The molecule has 9 heteroatoms. The van der Waals surface area contributed by atoms with Crippen molar-refractivity contribution in [1.29, 1.82) is 0 Å². The molecule has 2 aliphatic heterocycles. The zero-order valence-corrected chi connectivity index (χ0v) is 16.0. The Morgan fingerprint density at radius 1 is 1.14 bits per heavy atom. The van der Waals surface area contributed by atoms with Gasteiger partial charge in [-0.05, 0) is 36.8 Å². The van der Waals surface area contributed by atoms with Gasteiger partial charge in [0.2, 0.25) is 0 Å². The lowest BCUT2D eigenvalue weighted by molar-refractivity contribution is 0.107. The van der Waals surface area contributed by atoms with Gasteiger partial charge in [0, 0.05) is 12.2 Å². The summed E-state index contributed by atoms with van der Waals surface area (Å²) in [6.07, 6.45) is 2.40. The number of hydrogen-bond acceptors (Lipinski definition) is 5. The molecule has 0 unspecified atom stereocenters. The fourth-order valence-electron chi connectivity index (χ4n) is 3.50. The van der Waals surface area contributed by atoms with Crippen molar-refractivity contribution in [2.45, 2.75) is 6.42 Å². The number of nitrogens with one attached hydrogen (secondary N) is 1. The van der Waals surface area contributed by atoms with Crippen LogP contribution in [0.1, 0.15) is 12.0 Å². The number of aromatic nitrogens is 2. The van der Waals surface area contributed by atoms with Crippen molar-refractivity contribution in [2.24, 2.45) is 4.99 Å². The van der Waals surface area contributed by atoms with E-state index in [0.29, 0.717) is 23.9 Å². The van der Waals surface area contributed by atoms with Crippen molar-refractivity contribution in [3.05, 3.63) is 64.8 Å². The van der Waals surface area contributed by atoms with Gasteiger partial charge in [-0.2, -0.15) is 5.10 Å². The maximum absolute atomic E-state index is 14.4. The van der Waals surface area contributed by atoms with E-state index in [0.717, 1.165) is 25.3 Å². The summed E-state index contributed by atoms with van der Waals surface area (Å²) >= 11 is 6.28. The first-order valence-corrected chi connectivity index (χ1v) is 9.50. The third kappa shape index (κ3) is 3.14. The van der Waals surface area contributed by atoms with Crippen molar-refractivity contribution in [1.82, 2.24) is 9.78 Å². The highest BCUT2D eigenvalue weighted by Gasteiger charge is 2.24. The largest absolute Gasteiger partial charge is 0.361 e. The number of benzene rings is 2. The Bertz CT molecular complexity index is 1100. The van der Waals surface area contributed by atoms with Gasteiger partial charge in [0.25, 0.3) is 0 Å². The van der Waals surface area contributed by atoms with Crippen LogP contribution in [0, 0.1) is 11.6 Å². The third-order valence-electron chi connectivity index (χ3n) is 4.91. The van der Waals surface area contributed by atoms with Crippen LogP contribution in [-0.2, 0) is 4.74 Å². The highest BCUT2D eigenvalue weighted by Crippen LogP contribution is 2.36. The molecule has 6 nitrogen and oxygen atoms in total. The molecule has 3 aromatic rings. The molecular formula is C20H16ClF2N5O. The molecule has 0 bridgehead atoms. The molecule has 5 rings (SSSR count). The highest BCUT2D eigenvalue weighted by molar-refractivity contribution is 6.33. The van der Waals surface area contributed by atoms with Crippen LogP contribution >= 0.6 is 11.6 Å². The normalized spacial score (nSPS) is 15.8. The summed E-state index contributed by atoms with van der Waals surface area (Å²) in [4.78, 5) is 6.51. The van der Waals surface area contributed by atoms with E-state index in [1.807, 2.05) is 18.2 Å². The molecule has 3 heterocycles. The Balaban J connectivity index is 1.66. The Labute approximate surface area is 170 Å². The van der Waals surface area contributed by atoms with Crippen molar-refractivity contribution in [3.8, 4) is 5.69 Å². The van der Waals surface area contributed by atoms with Gasteiger partial charge >= 0.3 is 0 Å². The van der Waals surface area contributed by atoms with E-state index in [1.54, 1.807) is 4.68 Å². The number of nitrogens with zero attached hydrogens (tertiary/aromatic N) is 4. The average molecular weight is 416 g/mol. The molecule has 0 saturated carbocycles. The third-order valence-corrected chi connectivity index (χ3v) is 5.18. The minimum Gasteiger partial charge on any atom is -0.361 e. The van der Waals surface area contributed by atoms with Crippen LogP contribution in [0.2, 0.25) is 5.02 Å². The number of anilines is 2. The van der Waals surface area contributed by atoms with Gasteiger partial charge in [-0.15, -0.1) is 0 Å². The molecule has 1 fully saturated rings. The zero-order valence-electron chi connectivity index (χ0n) is 15.2. The molecule has 0 radical (unpaired) electrons. The van der Waals surface area contributed by atoms with Crippen LogP contribution in [0.5, 0.6) is 0 Å². The fraction of sp³-hybridized carbons (Fsp3) is 0.200. The van der Waals surface area contributed by atoms with Crippen molar-refractivity contribution < 1.29 is 13.5 Å². The van der Waals surface area contributed by atoms with E-state index in [1.165, 1.54) is 24.4 Å². The lowest BCUT2D eigenvalue weighted by atomic mass is 10.1. The smallest absolute Gasteiger partial charge is 0.176 e. The maximum atomic E-state index is 14.4. The van der Waals surface area contributed by atoms with Crippen molar-refractivity contribution in [2.75, 3.05) is 30.1 Å². The number of amidine groups is 1. The first kappa shape index (κ1) is 18.1. The predicted molar refractivity (Wildman–Crippen MR) is 108 cm³/mol. The van der Waals surface area contributed by atoms with E-state index in [9.17, 15) is 8.78 Å². The first-order chi connectivity index (χ1) is 14.1. The number of hydrogen-bond donors (Lipinski definition) is 1. The number of fused-ring (bicyclic) bond motifs is 3. The molecule has 0 aliphatic carbocycles. The van der Waals surface area contributed by atoms with E-state index >= 15 is 0 Å². The molecule has 29 heavy (non-hydrogen) atoms. The van der Waals surface area contributed by atoms with Gasteiger partial charge < -0.3 is 15.0 Å². The highest BCUT2D eigenvalue weighted by atomic mass is 35.5. The molecule has 2 aromatic carbocycles. The van der Waals surface area contributed by atoms with Gasteiger partial charge in [-0.3, -0.25) is 0 Å². The molecule has 1 saturated heterocycles. The summed E-state index contributed by atoms with van der Waals surface area (Å²) in [5, 5.41) is 7.64. The molecule has 0 atom stereocenters.